The van der Waals surface area contributed by atoms with Crippen LogP contribution >= 0.6 is 0 Å². The van der Waals surface area contributed by atoms with Gasteiger partial charge in [0.05, 0.1) is 5.69 Å². The monoisotopic (exact) mass is 134 g/mol. The molecule has 0 amide bonds. The largest absolute Gasteiger partial charge is 0.301 e. The Hall–Kier alpha value is -1.31. The molecule has 0 aliphatic heterocycles. The lowest BCUT2D eigenvalue weighted by molar-refractivity contribution is 0.101. The Kier molecular flexibility index (Phi) is 1.71. The summed E-state index contributed by atoms with van der Waals surface area (Å²) in [5.41, 5.74) is 8.16. The van der Waals surface area contributed by atoms with Crippen molar-refractivity contribution in [2.24, 2.45) is 0 Å². The lowest BCUT2D eigenvalue weighted by atomic mass is 10.1. The van der Waals surface area contributed by atoms with E-state index in [2.05, 4.69) is 0 Å². The molecule has 2 nitrogen and oxygen atoms in total. The van der Waals surface area contributed by atoms with Crippen molar-refractivity contribution in [1.82, 2.24) is 5.73 Å². The highest BCUT2D eigenvalue weighted by Gasteiger charge is 1.96. The van der Waals surface area contributed by atoms with Crippen LogP contribution in [0.25, 0.3) is 0 Å². The van der Waals surface area contributed by atoms with Gasteiger partial charge in [0, 0.05) is 5.56 Å². The first kappa shape index (κ1) is 6.81. The van der Waals surface area contributed by atoms with E-state index in [0.717, 1.165) is 0 Å². The fourth-order valence-corrected chi connectivity index (χ4v) is 0.738. The van der Waals surface area contributed by atoms with Gasteiger partial charge in [-0.3, -0.25) is 4.79 Å². The lowest BCUT2D eigenvalue weighted by Gasteiger charge is -1.93. The van der Waals surface area contributed by atoms with Crippen LogP contribution in [0.15, 0.2) is 24.3 Å². The molecule has 0 unspecified atom stereocenters. The summed E-state index contributed by atoms with van der Waals surface area (Å²) in [6.45, 7) is 1.49. The summed E-state index contributed by atoms with van der Waals surface area (Å²) >= 11 is 0. The van der Waals surface area contributed by atoms with Gasteiger partial charge in [-0.2, -0.15) is 0 Å². The molecule has 0 spiro atoms. The van der Waals surface area contributed by atoms with Crippen molar-refractivity contribution in [2.45, 2.75) is 6.92 Å². The van der Waals surface area contributed by atoms with Crippen LogP contribution in [0.5, 0.6) is 0 Å². The summed E-state index contributed by atoms with van der Waals surface area (Å²) in [6.07, 6.45) is 0. The van der Waals surface area contributed by atoms with Crippen molar-refractivity contribution in [3.63, 3.8) is 0 Å². The van der Waals surface area contributed by atoms with Crippen LogP contribution in [0, 0.1) is 0 Å². The zero-order valence-electron chi connectivity index (χ0n) is 5.72. The van der Waals surface area contributed by atoms with Gasteiger partial charge in [0.15, 0.2) is 5.78 Å². The Morgan fingerprint density at radius 3 is 2.60 bits per heavy atom. The summed E-state index contributed by atoms with van der Waals surface area (Å²) in [6, 6.07) is 6.62. The van der Waals surface area contributed by atoms with Crippen molar-refractivity contribution in [1.29, 1.82) is 0 Å². The SMILES string of the molecule is CC(=O)c1cccc([NH])c1. The second kappa shape index (κ2) is 2.52. The first-order valence-electron chi connectivity index (χ1n) is 3.03. The van der Waals surface area contributed by atoms with E-state index in [-0.39, 0.29) is 5.78 Å². The molecule has 51 valence electrons. The van der Waals surface area contributed by atoms with Crippen molar-refractivity contribution < 1.29 is 4.79 Å². The van der Waals surface area contributed by atoms with Gasteiger partial charge < -0.3 is 5.73 Å². The minimum Gasteiger partial charge on any atom is -0.301 e. The van der Waals surface area contributed by atoms with Gasteiger partial charge in [0.25, 0.3) is 0 Å². The minimum absolute atomic E-state index is 0.00843. The number of nitrogens with one attached hydrogen (secondary N) is 1. The normalized spacial score (nSPS) is 9.30. The molecule has 0 bridgehead atoms. The molecule has 0 saturated heterocycles. The Morgan fingerprint density at radius 1 is 1.50 bits per heavy atom. The molecular weight excluding hydrogens is 126 g/mol. The van der Waals surface area contributed by atoms with Gasteiger partial charge in [-0.1, -0.05) is 12.1 Å². The van der Waals surface area contributed by atoms with Crippen LogP contribution in [-0.4, -0.2) is 5.78 Å². The van der Waals surface area contributed by atoms with Crippen molar-refractivity contribution >= 4 is 11.5 Å². The molecule has 0 heterocycles. The Labute approximate surface area is 59.7 Å². The first-order chi connectivity index (χ1) is 4.70. The zero-order valence-corrected chi connectivity index (χ0v) is 5.72. The Bertz CT molecular complexity index is 255. The topological polar surface area (TPSA) is 40.9 Å². The van der Waals surface area contributed by atoms with Crippen molar-refractivity contribution in [2.75, 3.05) is 0 Å². The van der Waals surface area contributed by atoms with E-state index in [4.69, 9.17) is 5.73 Å². The molecular formula is C8H8NO. The van der Waals surface area contributed by atoms with Crippen LogP contribution in [0.4, 0.5) is 5.69 Å². The number of ketones is 1. The highest BCUT2D eigenvalue weighted by atomic mass is 16.1. The van der Waals surface area contributed by atoms with Crippen LogP contribution in [0.3, 0.4) is 0 Å². The molecule has 1 aromatic rings. The number of rotatable bonds is 1. The number of carbonyl (C=O) groups excluding carboxylic acids is 1. The van der Waals surface area contributed by atoms with Crippen LogP contribution in [0.2, 0.25) is 0 Å². The Balaban J connectivity index is 3.07. The molecule has 10 heavy (non-hydrogen) atoms. The summed E-state index contributed by atoms with van der Waals surface area (Å²) in [5.74, 6) is 0.00843. The van der Waals surface area contributed by atoms with Gasteiger partial charge in [-0.05, 0) is 19.1 Å². The molecule has 0 aromatic heterocycles. The summed E-state index contributed by atoms with van der Waals surface area (Å²) in [5, 5.41) is 0. The smallest absolute Gasteiger partial charge is 0.159 e. The summed E-state index contributed by atoms with van der Waals surface area (Å²) in [4.78, 5) is 10.7. The lowest BCUT2D eigenvalue weighted by Crippen LogP contribution is -1.90. The highest BCUT2D eigenvalue weighted by Crippen LogP contribution is 2.07. The maximum absolute atomic E-state index is 10.7. The van der Waals surface area contributed by atoms with Crippen LogP contribution in [-0.2, 0) is 0 Å². The first-order valence-corrected chi connectivity index (χ1v) is 3.03. The third-order valence-corrected chi connectivity index (χ3v) is 1.27. The number of hydrogen-bond donors (Lipinski definition) is 0. The fraction of sp³-hybridized carbons (Fsp3) is 0.125. The predicted octanol–water partition coefficient (Wildman–Crippen LogP) is 1.80. The second-order valence-corrected chi connectivity index (χ2v) is 2.14. The van der Waals surface area contributed by atoms with Gasteiger partial charge in [-0.15, -0.1) is 0 Å². The molecule has 1 aromatic carbocycles. The Morgan fingerprint density at radius 2 is 2.20 bits per heavy atom. The van der Waals surface area contributed by atoms with E-state index >= 15 is 0 Å². The second-order valence-electron chi connectivity index (χ2n) is 2.14. The molecule has 1 N–H and O–H groups in total. The van der Waals surface area contributed by atoms with Gasteiger partial charge in [0.2, 0.25) is 0 Å². The van der Waals surface area contributed by atoms with Gasteiger partial charge in [-0.25, -0.2) is 0 Å². The number of carbonyl (C=O) groups is 1. The van der Waals surface area contributed by atoms with E-state index in [1.54, 1.807) is 24.3 Å². The molecule has 0 aliphatic rings. The van der Waals surface area contributed by atoms with E-state index in [9.17, 15) is 4.79 Å². The molecule has 0 aliphatic carbocycles. The third kappa shape index (κ3) is 1.35. The fourth-order valence-electron chi connectivity index (χ4n) is 0.738. The average molecular weight is 134 g/mol. The van der Waals surface area contributed by atoms with Crippen molar-refractivity contribution in [3.8, 4) is 0 Å². The zero-order chi connectivity index (χ0) is 7.56. The van der Waals surface area contributed by atoms with E-state index in [1.807, 2.05) is 0 Å². The average Bonchev–Trinajstić information content (AvgIpc) is 1.88. The van der Waals surface area contributed by atoms with Gasteiger partial charge in [0.1, 0.15) is 0 Å². The molecule has 1 radical (unpaired) electrons. The molecule has 2 heteroatoms. The van der Waals surface area contributed by atoms with Crippen molar-refractivity contribution in [3.05, 3.63) is 29.8 Å². The number of hydrogen-bond acceptors (Lipinski definition) is 1. The molecule has 0 fully saturated rings. The quantitative estimate of drug-likeness (QED) is 0.540. The number of Topliss-reactive ketones (excluding diaryl/α,β-unsaturated/α-hetero) is 1. The molecule has 0 saturated carbocycles. The molecule has 1 rings (SSSR count). The van der Waals surface area contributed by atoms with Gasteiger partial charge >= 0.3 is 0 Å². The standard InChI is InChI=1S/C8H8NO/c1-6(10)7-3-2-4-8(9)5-7/h2-5,9H,1H3. The maximum atomic E-state index is 10.7. The summed E-state index contributed by atoms with van der Waals surface area (Å²) in [7, 11) is 0. The third-order valence-electron chi connectivity index (χ3n) is 1.27. The van der Waals surface area contributed by atoms with E-state index in [1.165, 1.54) is 6.92 Å². The number of benzene rings is 1. The van der Waals surface area contributed by atoms with Crippen LogP contribution in [0.1, 0.15) is 17.3 Å². The molecule has 0 atom stereocenters. The predicted molar refractivity (Wildman–Crippen MR) is 39.2 cm³/mol. The van der Waals surface area contributed by atoms with E-state index < -0.39 is 0 Å². The summed E-state index contributed by atoms with van der Waals surface area (Å²) < 4.78 is 0. The highest BCUT2D eigenvalue weighted by molar-refractivity contribution is 5.94. The van der Waals surface area contributed by atoms with Crippen LogP contribution < -0.4 is 5.73 Å². The minimum atomic E-state index is 0.00843. The van der Waals surface area contributed by atoms with E-state index in [0.29, 0.717) is 11.3 Å². The maximum Gasteiger partial charge on any atom is 0.159 e.